The van der Waals surface area contributed by atoms with Crippen molar-refractivity contribution in [3.63, 3.8) is 0 Å². The third kappa shape index (κ3) is 2.92. The van der Waals surface area contributed by atoms with Gasteiger partial charge in [0.25, 0.3) is 9.05 Å². The third-order valence-electron chi connectivity index (χ3n) is 1.50. The topological polar surface area (TPSA) is 82.9 Å². The predicted molar refractivity (Wildman–Crippen MR) is 52.3 cm³/mol. The SMILES string of the molecule is [N-]=[N+]=NCc1cccc(S(=O)(=O)Cl)c1. The van der Waals surface area contributed by atoms with Gasteiger partial charge >= 0.3 is 0 Å². The van der Waals surface area contributed by atoms with Crippen LogP contribution in [0.1, 0.15) is 5.56 Å². The molecule has 0 spiro atoms. The molecule has 5 nitrogen and oxygen atoms in total. The zero-order valence-corrected chi connectivity index (χ0v) is 8.53. The van der Waals surface area contributed by atoms with Crippen molar-refractivity contribution in [2.24, 2.45) is 5.11 Å². The number of rotatable bonds is 3. The molecule has 1 aromatic rings. The van der Waals surface area contributed by atoms with Crippen LogP contribution >= 0.6 is 10.7 Å². The molecule has 0 saturated carbocycles. The van der Waals surface area contributed by atoms with Crippen molar-refractivity contribution in [2.75, 3.05) is 0 Å². The van der Waals surface area contributed by atoms with Crippen LogP contribution < -0.4 is 0 Å². The molecule has 0 aliphatic rings. The van der Waals surface area contributed by atoms with Crippen molar-refractivity contribution in [3.05, 3.63) is 40.3 Å². The average molecular weight is 232 g/mol. The van der Waals surface area contributed by atoms with Crippen LogP contribution in [0.25, 0.3) is 10.4 Å². The van der Waals surface area contributed by atoms with Gasteiger partial charge in [0.2, 0.25) is 0 Å². The van der Waals surface area contributed by atoms with Gasteiger partial charge in [-0.15, -0.1) is 0 Å². The molecular formula is C7H6ClN3O2S. The first-order valence-corrected chi connectivity index (χ1v) is 5.89. The Bertz CT molecular complexity index is 479. The zero-order chi connectivity index (χ0) is 10.6. The first-order valence-electron chi connectivity index (χ1n) is 3.58. The molecule has 0 radical (unpaired) electrons. The highest BCUT2D eigenvalue weighted by Gasteiger charge is 2.09. The number of nitrogens with zero attached hydrogens (tertiary/aromatic N) is 3. The monoisotopic (exact) mass is 231 g/mol. The van der Waals surface area contributed by atoms with Crippen LogP contribution in [-0.2, 0) is 15.6 Å². The number of azide groups is 1. The largest absolute Gasteiger partial charge is 0.261 e. The van der Waals surface area contributed by atoms with Crippen LogP contribution in [0.2, 0.25) is 0 Å². The Morgan fingerprint density at radius 1 is 1.50 bits per heavy atom. The van der Waals surface area contributed by atoms with Gasteiger partial charge in [-0.05, 0) is 23.2 Å². The summed E-state index contributed by atoms with van der Waals surface area (Å²) in [5.74, 6) is 0. The van der Waals surface area contributed by atoms with Crippen molar-refractivity contribution in [1.82, 2.24) is 0 Å². The normalized spacial score (nSPS) is 10.6. The van der Waals surface area contributed by atoms with Gasteiger partial charge in [-0.3, -0.25) is 0 Å². The van der Waals surface area contributed by atoms with Crippen molar-refractivity contribution in [2.45, 2.75) is 11.4 Å². The molecule has 0 aromatic heterocycles. The summed E-state index contributed by atoms with van der Waals surface area (Å²) in [5, 5.41) is 3.31. The Hall–Kier alpha value is -1.23. The lowest BCUT2D eigenvalue weighted by Crippen LogP contribution is -1.91. The Morgan fingerprint density at radius 2 is 2.21 bits per heavy atom. The molecule has 0 heterocycles. The van der Waals surface area contributed by atoms with Crippen LogP contribution in [0.3, 0.4) is 0 Å². The quantitative estimate of drug-likeness (QED) is 0.346. The molecule has 0 bridgehead atoms. The first-order chi connectivity index (χ1) is 6.54. The van der Waals surface area contributed by atoms with E-state index in [1.807, 2.05) is 0 Å². The Labute approximate surface area is 85.4 Å². The van der Waals surface area contributed by atoms with E-state index in [1.54, 1.807) is 6.07 Å². The molecule has 0 saturated heterocycles. The predicted octanol–water partition coefficient (Wildman–Crippen LogP) is 2.42. The molecule has 0 aliphatic carbocycles. The molecule has 1 rings (SSSR count). The third-order valence-corrected chi connectivity index (χ3v) is 2.85. The van der Waals surface area contributed by atoms with E-state index in [-0.39, 0.29) is 11.4 Å². The maximum atomic E-state index is 10.9. The summed E-state index contributed by atoms with van der Waals surface area (Å²) in [6.45, 7) is 0.108. The second kappa shape index (κ2) is 4.32. The summed E-state index contributed by atoms with van der Waals surface area (Å²) in [6, 6.07) is 5.94. The Kier molecular flexibility index (Phi) is 3.35. The van der Waals surface area contributed by atoms with Crippen molar-refractivity contribution in [1.29, 1.82) is 0 Å². The van der Waals surface area contributed by atoms with E-state index in [0.29, 0.717) is 5.56 Å². The number of benzene rings is 1. The van der Waals surface area contributed by atoms with Gasteiger partial charge in [0.1, 0.15) is 0 Å². The maximum absolute atomic E-state index is 10.9. The van der Waals surface area contributed by atoms with Gasteiger partial charge in [0.15, 0.2) is 0 Å². The Morgan fingerprint density at radius 3 is 2.79 bits per heavy atom. The summed E-state index contributed by atoms with van der Waals surface area (Å²) in [7, 11) is 1.42. The van der Waals surface area contributed by atoms with E-state index in [0.717, 1.165) is 0 Å². The van der Waals surface area contributed by atoms with Gasteiger partial charge in [0.05, 0.1) is 11.4 Å². The van der Waals surface area contributed by atoms with Gasteiger partial charge in [-0.2, -0.15) is 0 Å². The van der Waals surface area contributed by atoms with E-state index in [4.69, 9.17) is 16.2 Å². The molecule has 0 atom stereocenters. The van der Waals surface area contributed by atoms with Crippen LogP contribution in [0, 0.1) is 0 Å². The second-order valence-corrected chi connectivity index (χ2v) is 5.04. The fourth-order valence-corrected chi connectivity index (χ4v) is 1.73. The summed E-state index contributed by atoms with van der Waals surface area (Å²) < 4.78 is 21.8. The molecule has 14 heavy (non-hydrogen) atoms. The van der Waals surface area contributed by atoms with Gasteiger partial charge in [-0.25, -0.2) is 8.42 Å². The molecule has 0 fully saturated rings. The van der Waals surface area contributed by atoms with E-state index in [9.17, 15) is 8.42 Å². The minimum atomic E-state index is -3.71. The summed E-state index contributed by atoms with van der Waals surface area (Å²) in [5.41, 5.74) is 8.67. The van der Waals surface area contributed by atoms with Gasteiger partial charge in [0, 0.05) is 15.6 Å². The fraction of sp³-hybridized carbons (Fsp3) is 0.143. The summed E-state index contributed by atoms with van der Waals surface area (Å²) in [6.07, 6.45) is 0. The molecule has 0 amide bonds. The van der Waals surface area contributed by atoms with Crippen LogP contribution in [0.4, 0.5) is 0 Å². The molecule has 0 unspecified atom stereocenters. The van der Waals surface area contributed by atoms with E-state index in [2.05, 4.69) is 10.0 Å². The number of halogens is 1. The molecular weight excluding hydrogens is 226 g/mol. The lowest BCUT2D eigenvalue weighted by Gasteiger charge is -1.98. The molecule has 74 valence electrons. The fourth-order valence-electron chi connectivity index (χ4n) is 0.909. The second-order valence-electron chi connectivity index (χ2n) is 2.47. The maximum Gasteiger partial charge on any atom is 0.261 e. The smallest absolute Gasteiger partial charge is 0.207 e. The average Bonchev–Trinajstić information content (AvgIpc) is 2.14. The standard InChI is InChI=1S/C7H6ClN3O2S/c8-14(12,13)7-3-1-2-6(4-7)5-10-11-9/h1-4H,5H2. The van der Waals surface area contributed by atoms with Crippen LogP contribution in [0.5, 0.6) is 0 Å². The minimum absolute atomic E-state index is 0.00445. The molecule has 7 heteroatoms. The zero-order valence-electron chi connectivity index (χ0n) is 6.96. The summed E-state index contributed by atoms with van der Waals surface area (Å²) in [4.78, 5) is 2.57. The highest BCUT2D eigenvalue weighted by atomic mass is 35.7. The van der Waals surface area contributed by atoms with E-state index in [1.165, 1.54) is 18.2 Å². The van der Waals surface area contributed by atoms with Gasteiger partial charge < -0.3 is 0 Å². The van der Waals surface area contributed by atoms with Crippen molar-refractivity contribution in [3.8, 4) is 0 Å². The number of hydrogen-bond donors (Lipinski definition) is 0. The molecule has 0 aliphatic heterocycles. The Balaban J connectivity index is 3.07. The highest BCUT2D eigenvalue weighted by Crippen LogP contribution is 2.16. The first kappa shape index (κ1) is 10.8. The lowest BCUT2D eigenvalue weighted by atomic mass is 10.2. The van der Waals surface area contributed by atoms with Crippen molar-refractivity contribution >= 4 is 19.7 Å². The van der Waals surface area contributed by atoms with Gasteiger partial charge in [-0.1, -0.05) is 17.2 Å². The molecule has 1 aromatic carbocycles. The lowest BCUT2D eigenvalue weighted by molar-refractivity contribution is 0.609. The van der Waals surface area contributed by atoms with Crippen molar-refractivity contribution < 1.29 is 8.42 Å². The molecule has 0 N–H and O–H groups in total. The highest BCUT2D eigenvalue weighted by molar-refractivity contribution is 8.13. The number of hydrogen-bond acceptors (Lipinski definition) is 3. The van der Waals surface area contributed by atoms with Crippen LogP contribution in [0.15, 0.2) is 34.3 Å². The minimum Gasteiger partial charge on any atom is -0.207 e. The van der Waals surface area contributed by atoms with E-state index >= 15 is 0 Å². The summed E-state index contributed by atoms with van der Waals surface area (Å²) >= 11 is 0. The van der Waals surface area contributed by atoms with E-state index < -0.39 is 9.05 Å². The van der Waals surface area contributed by atoms with Crippen LogP contribution in [-0.4, -0.2) is 8.42 Å².